The number of hydrogen-bond donors (Lipinski definition) is 2. The van der Waals surface area contributed by atoms with E-state index in [4.69, 9.17) is 4.74 Å². The molecule has 0 aliphatic heterocycles. The lowest BCUT2D eigenvalue weighted by Gasteiger charge is -2.16. The van der Waals surface area contributed by atoms with Gasteiger partial charge in [-0.2, -0.15) is 0 Å². The fraction of sp³-hybridized carbons (Fsp3) is 0.333. The summed E-state index contributed by atoms with van der Waals surface area (Å²) in [5.41, 5.74) is 3.18. The molecule has 33 heavy (non-hydrogen) atoms. The third-order valence-corrected chi connectivity index (χ3v) is 7.08. The number of carbonyl (C=O) groups excluding carboxylic acids is 2. The Morgan fingerprint density at radius 2 is 2.09 bits per heavy atom. The highest BCUT2D eigenvalue weighted by molar-refractivity contribution is 7.17. The lowest BCUT2D eigenvalue weighted by Crippen LogP contribution is -2.42. The SMILES string of the molecule is CC(=O)NC(Cc1c[nH]c2ccccc12)C(=O)OCc1cc(=O)n2c3c(sc2n1)CCCC3. The van der Waals surface area contributed by atoms with Gasteiger partial charge in [0, 0.05) is 47.1 Å². The maximum Gasteiger partial charge on any atom is 0.329 e. The Morgan fingerprint density at radius 1 is 1.27 bits per heavy atom. The molecule has 3 heterocycles. The molecule has 3 aromatic heterocycles. The zero-order chi connectivity index (χ0) is 22.9. The molecule has 1 aliphatic rings. The molecule has 0 saturated heterocycles. The van der Waals surface area contributed by atoms with E-state index in [0.29, 0.717) is 10.7 Å². The first-order chi connectivity index (χ1) is 16.0. The molecule has 9 heteroatoms. The number of aromatic nitrogens is 3. The average Bonchev–Trinajstić information content (AvgIpc) is 3.38. The summed E-state index contributed by atoms with van der Waals surface area (Å²) in [7, 11) is 0. The number of nitrogens with zero attached hydrogens (tertiary/aromatic N) is 2. The second kappa shape index (κ2) is 8.82. The summed E-state index contributed by atoms with van der Waals surface area (Å²) < 4.78 is 7.17. The van der Waals surface area contributed by atoms with Gasteiger partial charge in [0.25, 0.3) is 5.56 Å². The van der Waals surface area contributed by atoms with Crippen molar-refractivity contribution in [1.82, 2.24) is 19.7 Å². The second-order valence-corrected chi connectivity index (χ2v) is 9.37. The fourth-order valence-electron chi connectivity index (χ4n) is 4.42. The minimum Gasteiger partial charge on any atom is -0.458 e. The number of aromatic amines is 1. The van der Waals surface area contributed by atoms with Crippen molar-refractivity contribution in [1.29, 1.82) is 0 Å². The van der Waals surface area contributed by atoms with Crippen molar-refractivity contribution in [3.63, 3.8) is 0 Å². The highest BCUT2D eigenvalue weighted by atomic mass is 32.1. The quantitative estimate of drug-likeness (QED) is 0.427. The lowest BCUT2D eigenvalue weighted by molar-refractivity contribution is -0.149. The number of thiazole rings is 1. The van der Waals surface area contributed by atoms with E-state index in [1.54, 1.807) is 4.40 Å². The smallest absolute Gasteiger partial charge is 0.329 e. The van der Waals surface area contributed by atoms with Crippen molar-refractivity contribution >= 4 is 39.1 Å². The first-order valence-electron chi connectivity index (χ1n) is 11.0. The third-order valence-electron chi connectivity index (χ3n) is 5.94. The van der Waals surface area contributed by atoms with Crippen LogP contribution in [0.4, 0.5) is 0 Å². The zero-order valence-electron chi connectivity index (χ0n) is 18.2. The monoisotopic (exact) mass is 464 g/mol. The molecule has 0 saturated carbocycles. The van der Waals surface area contributed by atoms with Crippen LogP contribution in [-0.2, 0) is 40.2 Å². The summed E-state index contributed by atoms with van der Waals surface area (Å²) in [5.74, 6) is -0.887. The lowest BCUT2D eigenvalue weighted by atomic mass is 10.0. The van der Waals surface area contributed by atoms with Gasteiger partial charge in [0.1, 0.15) is 12.6 Å². The van der Waals surface area contributed by atoms with Crippen molar-refractivity contribution in [2.45, 2.75) is 51.7 Å². The summed E-state index contributed by atoms with van der Waals surface area (Å²) in [6.45, 7) is 1.24. The number of fused-ring (bicyclic) bond motifs is 4. The van der Waals surface area contributed by atoms with E-state index in [-0.39, 0.29) is 24.5 Å². The zero-order valence-corrected chi connectivity index (χ0v) is 19.0. The van der Waals surface area contributed by atoms with Gasteiger partial charge in [-0.25, -0.2) is 9.78 Å². The van der Waals surface area contributed by atoms with Gasteiger partial charge in [0.15, 0.2) is 4.96 Å². The van der Waals surface area contributed by atoms with Crippen LogP contribution < -0.4 is 10.9 Å². The minimum atomic E-state index is -0.847. The predicted octanol–water partition coefficient (Wildman–Crippen LogP) is 2.91. The predicted molar refractivity (Wildman–Crippen MR) is 125 cm³/mol. The Morgan fingerprint density at radius 3 is 2.94 bits per heavy atom. The molecule has 0 bridgehead atoms. The molecule has 1 atom stereocenters. The van der Waals surface area contributed by atoms with E-state index in [9.17, 15) is 14.4 Å². The first-order valence-corrected chi connectivity index (χ1v) is 11.8. The highest BCUT2D eigenvalue weighted by Crippen LogP contribution is 2.28. The van der Waals surface area contributed by atoms with Gasteiger partial charge in [-0.1, -0.05) is 18.2 Å². The number of benzene rings is 1. The molecule has 8 nitrogen and oxygen atoms in total. The number of aryl methyl sites for hydroxylation is 2. The number of nitrogens with one attached hydrogen (secondary N) is 2. The van der Waals surface area contributed by atoms with Crippen LogP contribution in [0.5, 0.6) is 0 Å². The van der Waals surface area contributed by atoms with Crippen molar-refractivity contribution in [3.05, 3.63) is 68.7 Å². The maximum atomic E-state index is 12.9. The Bertz CT molecular complexity index is 1420. The average molecular weight is 465 g/mol. The first kappa shape index (κ1) is 21.4. The number of H-pyrrole nitrogens is 1. The molecule has 1 unspecified atom stereocenters. The molecule has 5 rings (SSSR count). The van der Waals surface area contributed by atoms with Crippen LogP contribution in [-0.4, -0.2) is 32.3 Å². The number of esters is 1. The summed E-state index contributed by atoms with van der Waals surface area (Å²) >= 11 is 1.53. The molecular formula is C24H24N4O4S. The number of ether oxygens (including phenoxy) is 1. The molecule has 1 aliphatic carbocycles. The van der Waals surface area contributed by atoms with Gasteiger partial charge in [-0.15, -0.1) is 11.3 Å². The Kier molecular flexibility index (Phi) is 5.72. The van der Waals surface area contributed by atoms with E-state index in [0.717, 1.165) is 47.8 Å². The molecule has 4 aromatic rings. The number of para-hydroxylation sites is 1. The summed E-state index contributed by atoms with van der Waals surface area (Å²) in [5, 5.41) is 3.67. The largest absolute Gasteiger partial charge is 0.458 e. The minimum absolute atomic E-state index is 0.128. The van der Waals surface area contributed by atoms with Gasteiger partial charge in [-0.05, 0) is 37.3 Å². The molecule has 170 valence electrons. The van der Waals surface area contributed by atoms with Crippen LogP contribution in [0.15, 0.2) is 41.3 Å². The van der Waals surface area contributed by atoms with Crippen LogP contribution in [0.25, 0.3) is 15.9 Å². The van der Waals surface area contributed by atoms with E-state index in [1.165, 1.54) is 29.2 Å². The highest BCUT2D eigenvalue weighted by Gasteiger charge is 2.24. The number of rotatable bonds is 6. The van der Waals surface area contributed by atoms with Crippen LogP contribution in [0, 0.1) is 0 Å². The van der Waals surface area contributed by atoms with Crippen LogP contribution in [0.1, 0.15) is 41.6 Å². The molecule has 1 amide bonds. The van der Waals surface area contributed by atoms with Gasteiger partial charge in [0.2, 0.25) is 5.91 Å². The third kappa shape index (κ3) is 4.28. The van der Waals surface area contributed by atoms with E-state index in [2.05, 4.69) is 15.3 Å². The van der Waals surface area contributed by atoms with Crippen LogP contribution >= 0.6 is 11.3 Å². The summed E-state index contributed by atoms with van der Waals surface area (Å²) in [4.78, 5) is 46.9. The molecule has 0 fully saturated rings. The fourth-order valence-corrected chi connectivity index (χ4v) is 5.65. The van der Waals surface area contributed by atoms with Crippen molar-refractivity contribution in [2.75, 3.05) is 0 Å². The maximum absolute atomic E-state index is 12.9. The number of carbonyl (C=O) groups is 2. The normalized spacial score (nSPS) is 14.2. The van der Waals surface area contributed by atoms with Crippen LogP contribution in [0.2, 0.25) is 0 Å². The topological polar surface area (TPSA) is 106 Å². The van der Waals surface area contributed by atoms with Crippen molar-refractivity contribution < 1.29 is 14.3 Å². The van der Waals surface area contributed by atoms with Gasteiger partial charge in [-0.3, -0.25) is 14.0 Å². The van der Waals surface area contributed by atoms with Gasteiger partial charge in [0.05, 0.1) is 5.69 Å². The number of hydrogen-bond acceptors (Lipinski definition) is 6. The number of amides is 1. The molecule has 1 aromatic carbocycles. The van der Waals surface area contributed by atoms with Gasteiger partial charge < -0.3 is 15.0 Å². The van der Waals surface area contributed by atoms with E-state index >= 15 is 0 Å². The Hall–Kier alpha value is -3.46. The van der Waals surface area contributed by atoms with E-state index in [1.807, 2.05) is 30.5 Å². The molecule has 0 spiro atoms. The molecule has 2 N–H and O–H groups in total. The Balaban J connectivity index is 1.34. The summed E-state index contributed by atoms with van der Waals surface area (Å²) in [6.07, 6.45) is 6.18. The van der Waals surface area contributed by atoms with Crippen LogP contribution in [0.3, 0.4) is 0 Å². The van der Waals surface area contributed by atoms with Crippen molar-refractivity contribution in [3.8, 4) is 0 Å². The van der Waals surface area contributed by atoms with Crippen molar-refractivity contribution in [2.24, 2.45) is 0 Å². The Labute approximate surface area is 193 Å². The second-order valence-electron chi connectivity index (χ2n) is 8.31. The molecule has 0 radical (unpaired) electrons. The summed E-state index contributed by atoms with van der Waals surface area (Å²) in [6, 6.07) is 8.35. The standard InChI is InChI=1S/C24H24N4O4S/c1-14(29)26-19(10-15-12-25-18-7-3-2-6-17(15)18)23(31)32-13-16-11-22(30)28-20-8-4-5-9-21(20)33-24(28)27-16/h2-3,6-7,11-12,19,25H,4-5,8-10,13H2,1H3,(H,26,29). The van der Waals surface area contributed by atoms with Gasteiger partial charge >= 0.3 is 5.97 Å². The molecular weight excluding hydrogens is 440 g/mol. The van der Waals surface area contributed by atoms with E-state index < -0.39 is 12.0 Å².